The maximum absolute atomic E-state index is 13.3. The number of hydrogen-bond acceptors (Lipinski definition) is 4. The molecule has 43 heavy (non-hydrogen) atoms. The standard InChI is InChI=1S/C33H46F6O4/c1-21-23(19-24(40)20-26(21)41)11-10-22-9-6-17-30(5)25(22)12-13-27(30)29(4,15-7-14-28(2,3)42)16-8-18-31(43,32(34,35)36)33(37,38)39/h10-11,24-27,40-43H,1,6-7,9,12-17,19-20H2,2-5H3/b22-10+,23-11-/t24-,25?,26+,27?,29-,30+/m1/s1. The number of fused-ring (bicyclic) bond motifs is 1. The number of aliphatic hydroxyl groups excluding tert-OH is 2. The van der Waals surface area contributed by atoms with Gasteiger partial charge in [0.05, 0.1) is 17.8 Å². The molecule has 4 N–H and O–H groups in total. The van der Waals surface area contributed by atoms with Crippen LogP contribution in [0.3, 0.4) is 0 Å². The molecule has 0 saturated heterocycles. The lowest BCUT2D eigenvalue weighted by Crippen LogP contribution is -2.55. The molecule has 10 heteroatoms. The topological polar surface area (TPSA) is 80.9 Å². The van der Waals surface area contributed by atoms with Crippen LogP contribution in [0, 0.1) is 34.5 Å². The van der Waals surface area contributed by atoms with Crippen LogP contribution in [0.15, 0.2) is 35.5 Å². The lowest BCUT2D eigenvalue weighted by molar-refractivity contribution is -0.343. The summed E-state index contributed by atoms with van der Waals surface area (Å²) in [4.78, 5) is 0. The summed E-state index contributed by atoms with van der Waals surface area (Å²) in [6.07, 6.45) is -3.77. The van der Waals surface area contributed by atoms with Gasteiger partial charge < -0.3 is 20.4 Å². The molecule has 4 nitrogen and oxygen atoms in total. The molecule has 244 valence electrons. The van der Waals surface area contributed by atoms with Gasteiger partial charge in [0.15, 0.2) is 0 Å². The first kappa shape index (κ1) is 35.7. The van der Waals surface area contributed by atoms with Gasteiger partial charge in [-0.05, 0) is 105 Å². The smallest absolute Gasteiger partial charge is 0.393 e. The van der Waals surface area contributed by atoms with Crippen molar-refractivity contribution in [2.24, 2.45) is 22.7 Å². The molecule has 0 amide bonds. The van der Waals surface area contributed by atoms with Crippen molar-refractivity contribution < 1.29 is 46.8 Å². The van der Waals surface area contributed by atoms with Crippen molar-refractivity contribution in [2.45, 2.75) is 134 Å². The molecule has 6 atom stereocenters. The number of aliphatic hydroxyl groups is 4. The molecule has 0 aromatic rings. The van der Waals surface area contributed by atoms with Crippen molar-refractivity contribution in [1.29, 1.82) is 0 Å². The van der Waals surface area contributed by atoms with Crippen molar-refractivity contribution in [3.8, 4) is 11.8 Å². The summed E-state index contributed by atoms with van der Waals surface area (Å²) in [5.74, 6) is 3.35. The van der Waals surface area contributed by atoms with Gasteiger partial charge in [0.1, 0.15) is 0 Å². The Balaban J connectivity index is 1.95. The molecule has 0 spiro atoms. The lowest BCUT2D eigenvalue weighted by Gasteiger charge is -2.49. The van der Waals surface area contributed by atoms with E-state index in [1.807, 2.05) is 19.1 Å². The van der Waals surface area contributed by atoms with Crippen LogP contribution in [0.1, 0.15) is 98.3 Å². The quantitative estimate of drug-likeness (QED) is 0.178. The molecule has 0 bridgehead atoms. The largest absolute Gasteiger partial charge is 0.438 e. The van der Waals surface area contributed by atoms with Crippen LogP contribution < -0.4 is 0 Å². The highest BCUT2D eigenvalue weighted by molar-refractivity contribution is 5.39. The monoisotopic (exact) mass is 620 g/mol. The zero-order chi connectivity index (χ0) is 32.6. The predicted molar refractivity (Wildman–Crippen MR) is 152 cm³/mol. The summed E-state index contributed by atoms with van der Waals surface area (Å²) in [6, 6.07) is 0. The van der Waals surface area contributed by atoms with E-state index in [-0.39, 0.29) is 30.1 Å². The Hall–Kier alpha value is -1.80. The molecule has 0 heterocycles. The van der Waals surface area contributed by atoms with E-state index in [0.29, 0.717) is 37.7 Å². The van der Waals surface area contributed by atoms with Crippen molar-refractivity contribution in [1.82, 2.24) is 0 Å². The maximum Gasteiger partial charge on any atom is 0.438 e. The molecule has 3 saturated carbocycles. The number of halogens is 6. The lowest BCUT2D eigenvalue weighted by atomic mass is 9.55. The molecular formula is C33H46F6O4. The number of hydrogen-bond donors (Lipinski definition) is 4. The van der Waals surface area contributed by atoms with Crippen LogP contribution in [0.2, 0.25) is 0 Å². The first-order valence-electron chi connectivity index (χ1n) is 15.1. The molecular weight excluding hydrogens is 574 g/mol. The Labute approximate surface area is 251 Å². The zero-order valence-electron chi connectivity index (χ0n) is 25.5. The van der Waals surface area contributed by atoms with Crippen molar-refractivity contribution in [3.63, 3.8) is 0 Å². The molecule has 0 radical (unpaired) electrons. The highest BCUT2D eigenvalue weighted by Gasteiger charge is 2.70. The Bertz CT molecular complexity index is 1140. The summed E-state index contributed by atoms with van der Waals surface area (Å²) in [5, 5.41) is 40.2. The second kappa shape index (κ2) is 12.5. The Morgan fingerprint density at radius 3 is 2.19 bits per heavy atom. The SMILES string of the molecule is C=C1/C(=C\C=C2/CCC[C@@]3(C)C2CCC3[C@@](C)(CC#CC(O)(C(F)(F)F)C(F)(F)F)CCCC(C)(C)O)C[C@@H](O)C[C@@H]1O. The van der Waals surface area contributed by atoms with Gasteiger partial charge in [-0.25, -0.2) is 0 Å². The van der Waals surface area contributed by atoms with E-state index in [1.54, 1.807) is 13.8 Å². The number of rotatable bonds is 7. The van der Waals surface area contributed by atoms with Gasteiger partial charge in [0.2, 0.25) is 0 Å². The third kappa shape index (κ3) is 7.71. The molecule has 0 aliphatic heterocycles. The van der Waals surface area contributed by atoms with Crippen LogP contribution in [0.4, 0.5) is 26.3 Å². The van der Waals surface area contributed by atoms with E-state index < -0.39 is 41.2 Å². The van der Waals surface area contributed by atoms with Crippen LogP contribution in [-0.2, 0) is 0 Å². The fourth-order valence-electron chi connectivity index (χ4n) is 7.84. The third-order valence-corrected chi connectivity index (χ3v) is 10.2. The van der Waals surface area contributed by atoms with Gasteiger partial charge in [-0.1, -0.05) is 50.5 Å². The predicted octanol–water partition coefficient (Wildman–Crippen LogP) is 7.32. The van der Waals surface area contributed by atoms with E-state index >= 15 is 0 Å². The number of alkyl halides is 6. The Kier molecular flexibility index (Phi) is 10.4. The molecule has 0 aromatic carbocycles. The zero-order valence-corrected chi connectivity index (χ0v) is 25.5. The average molecular weight is 621 g/mol. The van der Waals surface area contributed by atoms with E-state index in [4.69, 9.17) is 0 Å². The first-order valence-corrected chi connectivity index (χ1v) is 15.1. The minimum Gasteiger partial charge on any atom is -0.393 e. The van der Waals surface area contributed by atoms with E-state index in [2.05, 4.69) is 19.4 Å². The molecule has 3 aliphatic rings. The van der Waals surface area contributed by atoms with Crippen LogP contribution in [0.5, 0.6) is 0 Å². The maximum atomic E-state index is 13.3. The molecule has 2 unspecified atom stereocenters. The normalized spacial score (nSPS) is 32.4. The Morgan fingerprint density at radius 2 is 1.60 bits per heavy atom. The fourth-order valence-corrected chi connectivity index (χ4v) is 7.84. The Morgan fingerprint density at radius 1 is 0.977 bits per heavy atom. The molecule has 3 aliphatic carbocycles. The summed E-state index contributed by atoms with van der Waals surface area (Å²) < 4.78 is 79.9. The van der Waals surface area contributed by atoms with Crippen LogP contribution in [-0.4, -0.2) is 56.2 Å². The van der Waals surface area contributed by atoms with Crippen molar-refractivity contribution >= 4 is 0 Å². The summed E-state index contributed by atoms with van der Waals surface area (Å²) in [7, 11) is 0. The third-order valence-electron chi connectivity index (χ3n) is 10.2. The van der Waals surface area contributed by atoms with Gasteiger partial charge in [-0.3, -0.25) is 0 Å². The van der Waals surface area contributed by atoms with Crippen molar-refractivity contribution in [2.75, 3.05) is 0 Å². The minimum absolute atomic E-state index is 0.0735. The van der Waals surface area contributed by atoms with Crippen molar-refractivity contribution in [3.05, 3.63) is 35.5 Å². The fraction of sp³-hybridized carbons (Fsp3) is 0.758. The van der Waals surface area contributed by atoms with Gasteiger partial charge in [0.25, 0.3) is 0 Å². The van der Waals surface area contributed by atoms with Crippen LogP contribution in [0.25, 0.3) is 0 Å². The highest BCUT2D eigenvalue weighted by Crippen LogP contribution is 2.63. The van der Waals surface area contributed by atoms with Gasteiger partial charge in [-0.2, -0.15) is 26.3 Å². The highest BCUT2D eigenvalue weighted by atomic mass is 19.4. The van der Waals surface area contributed by atoms with E-state index in [9.17, 15) is 46.8 Å². The molecule has 0 aromatic heterocycles. The summed E-state index contributed by atoms with van der Waals surface area (Å²) in [6.45, 7) is 11.3. The number of allylic oxidation sites excluding steroid dienone is 3. The molecule has 3 rings (SSSR count). The second-order valence-electron chi connectivity index (χ2n) is 14.1. The second-order valence-corrected chi connectivity index (χ2v) is 14.1. The first-order chi connectivity index (χ1) is 19.5. The van der Waals surface area contributed by atoms with Gasteiger partial charge >= 0.3 is 18.0 Å². The average Bonchev–Trinajstić information content (AvgIpc) is 3.21. The van der Waals surface area contributed by atoms with E-state index in [0.717, 1.165) is 37.2 Å². The minimum atomic E-state index is -6.01. The summed E-state index contributed by atoms with van der Waals surface area (Å²) in [5.41, 5.74) is -4.60. The van der Waals surface area contributed by atoms with Gasteiger partial charge in [-0.15, -0.1) is 0 Å². The van der Waals surface area contributed by atoms with E-state index in [1.165, 1.54) is 5.57 Å². The van der Waals surface area contributed by atoms with Gasteiger partial charge in [0, 0.05) is 12.8 Å². The summed E-state index contributed by atoms with van der Waals surface area (Å²) >= 11 is 0. The molecule has 3 fully saturated rings. The van der Waals surface area contributed by atoms with Crippen LogP contribution >= 0.6 is 0 Å².